The summed E-state index contributed by atoms with van der Waals surface area (Å²) in [5.74, 6) is -6.50. The average Bonchev–Trinajstić information content (AvgIpc) is 1.67. The first-order valence-corrected chi connectivity index (χ1v) is 32.6. The Morgan fingerprint density at radius 1 is 0.622 bits per heavy atom. The molecule has 1 fully saturated rings. The smallest absolute Gasteiger partial charge is 0.308 e. The summed E-state index contributed by atoms with van der Waals surface area (Å²) in [5, 5.41) is 18.6. The van der Waals surface area contributed by atoms with Crippen LogP contribution < -0.4 is 32.2 Å². The highest BCUT2D eigenvalue weighted by molar-refractivity contribution is 7.15. The van der Waals surface area contributed by atoms with E-state index in [-0.39, 0.29) is 51.5 Å². The lowest BCUT2D eigenvalue weighted by Gasteiger charge is -2.29. The fourth-order valence-electron chi connectivity index (χ4n) is 10.2. The summed E-state index contributed by atoms with van der Waals surface area (Å²) in [6, 6.07) is 13.8. The fraction of sp³-hybridized carbons (Fsp3) is 0.254. The monoisotopic (exact) mass is 1330 g/mol. The van der Waals surface area contributed by atoms with E-state index in [1.165, 1.54) is 64.5 Å². The van der Waals surface area contributed by atoms with Gasteiger partial charge in [-0.2, -0.15) is 0 Å². The zero-order valence-electron chi connectivity index (χ0n) is 48.0. The number of fused-ring (bicyclic) bond motifs is 16. The molecule has 7 atom stereocenters. The molecule has 0 radical (unpaired) electrons. The Morgan fingerprint density at radius 2 is 1.27 bits per heavy atom. The van der Waals surface area contributed by atoms with Crippen LogP contribution in [0.15, 0.2) is 93.6 Å². The highest BCUT2D eigenvalue weighted by Crippen LogP contribution is 2.44. The van der Waals surface area contributed by atoms with E-state index in [0.717, 1.165) is 45.3 Å². The second-order valence-corrected chi connectivity index (χ2v) is 26.3. The van der Waals surface area contributed by atoms with Crippen molar-refractivity contribution in [1.82, 2.24) is 55.7 Å². The third-order valence-corrected chi connectivity index (χ3v) is 19.8. The summed E-state index contributed by atoms with van der Waals surface area (Å²) < 4.78 is 17.1. The van der Waals surface area contributed by atoms with E-state index < -0.39 is 102 Å². The third kappa shape index (κ3) is 13.6. The van der Waals surface area contributed by atoms with Crippen molar-refractivity contribution >= 4 is 121 Å². The number of aromatic nitrogens is 7. The summed E-state index contributed by atoms with van der Waals surface area (Å²) in [7, 11) is 0. The number of rotatable bonds is 11. The van der Waals surface area contributed by atoms with Crippen molar-refractivity contribution in [3.05, 3.63) is 147 Å². The SMILES string of the molecule is CC(=O)Oc1ccc(C[C@@H]2NC(=O)c3csc(n3)[C@H]([C@H](OC(C)=O)c3ccccc3)NC(=O)c3nc(sc3C)[C@H](CC(N)=O)NC(=O)c3csc(n3)-c3ccc(-c4nc(C(N)=O)cs4)nc3-c3csc(n3)-c3csc(n3)[C@H]3[C@@H](C)[C@@H](OC(C)=O)CN3C2=O)cc1. The summed E-state index contributed by atoms with van der Waals surface area (Å²) in [5.41, 5.74) is 14.0. The van der Waals surface area contributed by atoms with Crippen molar-refractivity contribution in [2.24, 2.45) is 17.4 Å². The number of primary amides is 2. The minimum atomic E-state index is -1.33. The maximum Gasteiger partial charge on any atom is 0.308 e. The van der Waals surface area contributed by atoms with Gasteiger partial charge in [0.15, 0.2) is 6.10 Å². The molecule has 2 aliphatic rings. The summed E-state index contributed by atoms with van der Waals surface area (Å²) >= 11 is 6.76. The van der Waals surface area contributed by atoms with Gasteiger partial charge in [-0.25, -0.2) is 34.9 Å². The molecule has 7 aromatic heterocycles. The first-order valence-electron chi connectivity index (χ1n) is 27.4. The molecule has 2 aromatic carbocycles. The first kappa shape index (κ1) is 62.2. The zero-order chi connectivity index (χ0) is 63.7. The van der Waals surface area contributed by atoms with Gasteiger partial charge in [-0.05, 0) is 42.3 Å². The van der Waals surface area contributed by atoms with Crippen LogP contribution in [0, 0.1) is 12.8 Å². The van der Waals surface area contributed by atoms with Crippen LogP contribution in [0.4, 0.5) is 0 Å². The lowest BCUT2D eigenvalue weighted by Crippen LogP contribution is -2.50. The Bertz CT molecular complexity index is 4290. The molecule has 6 amide bonds. The Hall–Kier alpha value is -9.40. The first-order chi connectivity index (χ1) is 43.1. The van der Waals surface area contributed by atoms with E-state index in [4.69, 9.17) is 50.6 Å². The number of carbonyl (C=O) groups excluding carboxylic acids is 9. The molecule has 0 unspecified atom stereocenters. The van der Waals surface area contributed by atoms with Gasteiger partial charge in [0, 0.05) is 70.5 Å². The number of nitrogens with two attached hydrogens (primary N) is 2. The molecule has 25 nitrogen and oxygen atoms in total. The highest BCUT2D eigenvalue weighted by Gasteiger charge is 2.48. The minimum Gasteiger partial charge on any atom is -0.460 e. The van der Waals surface area contributed by atoms with E-state index in [0.29, 0.717) is 64.4 Å². The molecule has 460 valence electrons. The summed E-state index contributed by atoms with van der Waals surface area (Å²) in [6.07, 6.45) is -2.58. The number of ether oxygens (including phenoxy) is 3. The van der Waals surface area contributed by atoms with E-state index >= 15 is 4.79 Å². The normalized spacial score (nSPS) is 18.9. The maximum absolute atomic E-state index is 15.6. The molecule has 0 spiro atoms. The fourth-order valence-corrected chi connectivity index (χ4v) is 15.5. The predicted octanol–water partition coefficient (Wildman–Crippen LogP) is 7.75. The van der Waals surface area contributed by atoms with E-state index in [2.05, 4.69) is 25.9 Å². The molecule has 7 N–H and O–H groups in total. The molecule has 0 aliphatic carbocycles. The Morgan fingerprint density at radius 3 is 1.97 bits per heavy atom. The van der Waals surface area contributed by atoms with Gasteiger partial charge in [-0.15, -0.1) is 68.0 Å². The second kappa shape index (κ2) is 26.4. The molecule has 11 rings (SSSR count). The van der Waals surface area contributed by atoms with Crippen LogP contribution in [0.25, 0.3) is 43.4 Å². The van der Waals surface area contributed by atoms with Crippen molar-refractivity contribution in [2.75, 3.05) is 6.54 Å². The van der Waals surface area contributed by atoms with Crippen LogP contribution in [0.3, 0.4) is 0 Å². The molecule has 10 bridgehead atoms. The van der Waals surface area contributed by atoms with Gasteiger partial charge in [-0.3, -0.25) is 43.2 Å². The molecule has 9 aromatic rings. The van der Waals surface area contributed by atoms with E-state index in [9.17, 15) is 38.4 Å². The second-order valence-electron chi connectivity index (χ2n) is 20.7. The minimum absolute atomic E-state index is 0.0442. The molecule has 0 saturated carbocycles. The van der Waals surface area contributed by atoms with Gasteiger partial charge in [0.25, 0.3) is 23.6 Å². The molecular formula is C59H51N13O12S6. The van der Waals surface area contributed by atoms with Crippen LogP contribution in [0.2, 0.25) is 0 Å². The predicted molar refractivity (Wildman–Crippen MR) is 333 cm³/mol. The van der Waals surface area contributed by atoms with Crippen molar-refractivity contribution in [3.8, 4) is 49.1 Å². The number of pyridine rings is 1. The van der Waals surface area contributed by atoms with Crippen LogP contribution in [0.1, 0.15) is 131 Å². The maximum atomic E-state index is 15.6. The Balaban J connectivity index is 1.05. The summed E-state index contributed by atoms with van der Waals surface area (Å²) in [4.78, 5) is 157. The number of hydrogen-bond donors (Lipinski definition) is 5. The number of esters is 3. The lowest BCUT2D eigenvalue weighted by molar-refractivity contribution is -0.149. The van der Waals surface area contributed by atoms with E-state index in [1.807, 2.05) is 6.92 Å². The van der Waals surface area contributed by atoms with Crippen LogP contribution in [0.5, 0.6) is 5.75 Å². The standard InChI is InChI=1S/C59H51N13O12S6/c1-25-42(83-28(4)74)19-72-47(25)58-69-41(24-89-58)55-65-37(20-86-55)45-33(15-16-34(62-45)54-66-38(21-87-54)49(61)77)53-67-39(22-85-53)50(78)63-35(18-43(60)76)56-71-44(26(2)90-56)52(80)70-46(48(84-29(5)75)31-9-7-6-8-10-31)57-68-40(23-88-57)51(79)64-36(59(72)81)17-30-11-13-32(14-12-30)82-27(3)73/h6-16,20-25,35-36,42,46-48H,17-19H2,1-5H3,(H2,60,76)(H2,61,77)(H,63,78)(H,64,79)(H,70,80)/t25-,35-,36-,42-,46-,47+,48+/m0/s1. The third-order valence-electron chi connectivity index (χ3n) is 14.3. The number of amides is 6. The van der Waals surface area contributed by atoms with Crippen LogP contribution >= 0.6 is 68.0 Å². The average molecular weight is 1330 g/mol. The van der Waals surface area contributed by atoms with Gasteiger partial charge in [0.1, 0.15) is 93.8 Å². The molecule has 9 heterocycles. The number of hydrogen-bond acceptors (Lipinski definition) is 25. The van der Waals surface area contributed by atoms with Crippen molar-refractivity contribution in [3.63, 3.8) is 0 Å². The Kier molecular flexibility index (Phi) is 18.2. The van der Waals surface area contributed by atoms with E-state index in [1.54, 1.807) is 84.4 Å². The molecule has 2 aliphatic heterocycles. The largest absolute Gasteiger partial charge is 0.460 e. The molecular weight excluding hydrogens is 1280 g/mol. The quantitative estimate of drug-likeness (QED) is 0.0610. The summed E-state index contributed by atoms with van der Waals surface area (Å²) in [6.45, 7) is 7.10. The van der Waals surface area contributed by atoms with Crippen molar-refractivity contribution in [1.29, 1.82) is 0 Å². The highest BCUT2D eigenvalue weighted by atomic mass is 32.1. The van der Waals surface area contributed by atoms with Crippen LogP contribution in [-0.2, 0) is 39.9 Å². The van der Waals surface area contributed by atoms with Gasteiger partial charge in [0.05, 0.1) is 30.7 Å². The number of thiazole rings is 6. The van der Waals surface area contributed by atoms with Gasteiger partial charge in [0.2, 0.25) is 11.8 Å². The number of carbonyl (C=O) groups is 9. The van der Waals surface area contributed by atoms with Crippen molar-refractivity contribution in [2.45, 2.75) is 83.8 Å². The lowest BCUT2D eigenvalue weighted by atomic mass is 10.00. The van der Waals surface area contributed by atoms with Crippen molar-refractivity contribution < 1.29 is 57.4 Å². The van der Waals surface area contributed by atoms with Gasteiger partial charge in [-0.1, -0.05) is 49.4 Å². The number of benzene rings is 2. The number of nitrogens with zero attached hydrogens (tertiary/aromatic N) is 8. The molecule has 90 heavy (non-hydrogen) atoms. The topological polar surface area (TPSA) is 363 Å². The van der Waals surface area contributed by atoms with Gasteiger partial charge >= 0.3 is 17.9 Å². The van der Waals surface area contributed by atoms with Crippen LogP contribution in [-0.4, -0.2) is 112 Å². The van der Waals surface area contributed by atoms with Gasteiger partial charge < -0.3 is 46.5 Å². The zero-order valence-corrected chi connectivity index (χ0v) is 52.9. The number of aryl methyl sites for hydroxylation is 1. The Labute approximate surface area is 535 Å². The molecule has 31 heteroatoms. The number of nitrogens with one attached hydrogen (secondary N) is 3. The molecule has 1 saturated heterocycles.